The van der Waals surface area contributed by atoms with Crippen molar-refractivity contribution < 1.29 is 25.1 Å². The summed E-state index contributed by atoms with van der Waals surface area (Å²) in [5.41, 5.74) is -0.919. The average molecular weight is 166 g/mol. The van der Waals surface area contributed by atoms with Gasteiger partial charge < -0.3 is 14.9 Å². The molecule has 0 saturated carbocycles. The maximum Gasteiger partial charge on any atom is 0.181 e. The Morgan fingerprint density at radius 2 is 2.00 bits per heavy atom. The van der Waals surface area contributed by atoms with Gasteiger partial charge in [0.25, 0.3) is 0 Å². The average Bonchev–Trinajstić information content (AvgIpc) is 1.99. The highest BCUT2D eigenvalue weighted by Gasteiger charge is 2.27. The van der Waals surface area contributed by atoms with Gasteiger partial charge in [-0.05, 0) is 13.8 Å². The second kappa shape index (κ2) is 4.63. The third-order valence-corrected chi connectivity index (χ3v) is 1.46. The summed E-state index contributed by atoms with van der Waals surface area (Å²) in [5, 5.41) is 25.6. The molecule has 1 atom stereocenters. The van der Waals surface area contributed by atoms with E-state index in [0.29, 0.717) is 0 Å². The lowest BCUT2D eigenvalue weighted by Gasteiger charge is -2.28. The van der Waals surface area contributed by atoms with Gasteiger partial charge in [-0.2, -0.15) is 0 Å². The molecule has 0 aromatic heterocycles. The van der Waals surface area contributed by atoms with E-state index in [1.165, 1.54) is 0 Å². The first kappa shape index (κ1) is 10.8. The lowest BCUT2D eigenvalue weighted by atomic mass is 10.0. The topological polar surface area (TPSA) is 79.2 Å². The van der Waals surface area contributed by atoms with Gasteiger partial charge in [-0.25, -0.2) is 10.1 Å². The fraction of sp³-hybridized carbons (Fsp3) is 1.00. The van der Waals surface area contributed by atoms with E-state index in [1.54, 1.807) is 13.8 Å². The SMILES string of the molecule is CC(C)(OCOO)C(O)CO. The molecular weight excluding hydrogens is 152 g/mol. The Labute approximate surface area is 65.1 Å². The molecule has 0 rings (SSSR count). The van der Waals surface area contributed by atoms with E-state index < -0.39 is 18.3 Å². The zero-order chi connectivity index (χ0) is 8.91. The molecule has 1 unspecified atom stereocenters. The molecule has 0 heterocycles. The predicted molar refractivity (Wildman–Crippen MR) is 36.8 cm³/mol. The van der Waals surface area contributed by atoms with Gasteiger partial charge in [0.2, 0.25) is 0 Å². The van der Waals surface area contributed by atoms with Gasteiger partial charge in [-0.15, -0.1) is 0 Å². The largest absolute Gasteiger partial charge is 0.394 e. The minimum Gasteiger partial charge on any atom is -0.394 e. The lowest BCUT2D eigenvalue weighted by molar-refractivity contribution is -0.320. The second-order valence-electron chi connectivity index (χ2n) is 2.69. The molecule has 11 heavy (non-hydrogen) atoms. The molecule has 0 aliphatic heterocycles. The third-order valence-electron chi connectivity index (χ3n) is 1.46. The maximum atomic E-state index is 9.10. The Kier molecular flexibility index (Phi) is 4.55. The molecule has 0 aromatic carbocycles. The third kappa shape index (κ3) is 3.64. The zero-order valence-electron chi connectivity index (χ0n) is 6.65. The van der Waals surface area contributed by atoms with Gasteiger partial charge in [0, 0.05) is 0 Å². The first-order chi connectivity index (χ1) is 5.04. The summed E-state index contributed by atoms with van der Waals surface area (Å²) in [6, 6.07) is 0. The van der Waals surface area contributed by atoms with Gasteiger partial charge in [0.1, 0.15) is 6.10 Å². The highest BCUT2D eigenvalue weighted by atomic mass is 17.1. The van der Waals surface area contributed by atoms with Crippen molar-refractivity contribution in [2.45, 2.75) is 25.6 Å². The van der Waals surface area contributed by atoms with Crippen LogP contribution in [0.5, 0.6) is 0 Å². The number of hydrogen-bond acceptors (Lipinski definition) is 5. The molecule has 0 radical (unpaired) electrons. The van der Waals surface area contributed by atoms with Crippen LogP contribution in [0.4, 0.5) is 0 Å². The van der Waals surface area contributed by atoms with Gasteiger partial charge in [0.05, 0.1) is 12.2 Å². The van der Waals surface area contributed by atoms with Crippen molar-refractivity contribution in [3.63, 3.8) is 0 Å². The van der Waals surface area contributed by atoms with Crippen LogP contribution in [0.15, 0.2) is 0 Å². The van der Waals surface area contributed by atoms with Crippen molar-refractivity contribution >= 4 is 0 Å². The smallest absolute Gasteiger partial charge is 0.181 e. The Morgan fingerprint density at radius 3 is 2.36 bits per heavy atom. The van der Waals surface area contributed by atoms with Crippen LogP contribution in [0, 0.1) is 0 Å². The number of rotatable bonds is 5. The number of aliphatic hydroxyl groups is 2. The van der Waals surface area contributed by atoms with Gasteiger partial charge in [-0.1, -0.05) is 0 Å². The van der Waals surface area contributed by atoms with E-state index in [9.17, 15) is 0 Å². The van der Waals surface area contributed by atoms with Crippen LogP contribution in [-0.4, -0.2) is 40.6 Å². The molecule has 0 aliphatic carbocycles. The summed E-state index contributed by atoms with van der Waals surface area (Å²) in [6.45, 7) is 2.43. The van der Waals surface area contributed by atoms with Crippen molar-refractivity contribution in [2.75, 3.05) is 13.4 Å². The molecule has 0 bridgehead atoms. The van der Waals surface area contributed by atoms with Gasteiger partial charge >= 0.3 is 0 Å². The van der Waals surface area contributed by atoms with Crippen LogP contribution in [0.25, 0.3) is 0 Å². The fourth-order valence-corrected chi connectivity index (χ4v) is 0.494. The molecule has 5 nitrogen and oxygen atoms in total. The molecule has 0 aromatic rings. The molecular formula is C6H14O5. The molecule has 3 N–H and O–H groups in total. The Hall–Kier alpha value is -0.200. The van der Waals surface area contributed by atoms with Crippen LogP contribution in [0.2, 0.25) is 0 Å². The standard InChI is InChI=1S/C6H14O5/c1-6(2,5(8)3-7)10-4-11-9/h5,7-9H,3-4H2,1-2H3. The Bertz CT molecular complexity index is 103. The summed E-state index contributed by atoms with van der Waals surface area (Å²) in [6.07, 6.45) is -0.988. The van der Waals surface area contributed by atoms with Crippen molar-refractivity contribution in [3.05, 3.63) is 0 Å². The van der Waals surface area contributed by atoms with Crippen LogP contribution in [-0.2, 0) is 9.62 Å². The van der Waals surface area contributed by atoms with E-state index in [4.69, 9.17) is 20.2 Å². The first-order valence-corrected chi connectivity index (χ1v) is 3.24. The zero-order valence-corrected chi connectivity index (χ0v) is 6.65. The van der Waals surface area contributed by atoms with Gasteiger partial charge in [-0.3, -0.25) is 0 Å². The maximum absolute atomic E-state index is 9.10. The molecule has 0 saturated heterocycles. The quantitative estimate of drug-likeness (QED) is 0.294. The molecule has 0 aliphatic rings. The van der Waals surface area contributed by atoms with E-state index in [0.717, 1.165) is 0 Å². The van der Waals surface area contributed by atoms with Crippen LogP contribution >= 0.6 is 0 Å². The molecule has 0 amide bonds. The summed E-state index contributed by atoms with van der Waals surface area (Å²) < 4.78 is 4.85. The minimum absolute atomic E-state index is 0.329. The van der Waals surface area contributed by atoms with Crippen LogP contribution in [0.3, 0.4) is 0 Å². The summed E-state index contributed by atoms with van der Waals surface area (Å²) in [4.78, 5) is 3.66. The molecule has 68 valence electrons. The Morgan fingerprint density at radius 1 is 1.45 bits per heavy atom. The highest BCUT2D eigenvalue weighted by molar-refractivity contribution is 4.77. The normalized spacial score (nSPS) is 15.0. The fourth-order valence-electron chi connectivity index (χ4n) is 0.494. The van der Waals surface area contributed by atoms with E-state index >= 15 is 0 Å². The van der Waals surface area contributed by atoms with Crippen LogP contribution < -0.4 is 0 Å². The van der Waals surface area contributed by atoms with Crippen molar-refractivity contribution in [2.24, 2.45) is 0 Å². The second-order valence-corrected chi connectivity index (χ2v) is 2.69. The minimum atomic E-state index is -0.988. The van der Waals surface area contributed by atoms with E-state index in [2.05, 4.69) is 4.89 Å². The monoisotopic (exact) mass is 166 g/mol. The number of ether oxygens (including phenoxy) is 1. The molecule has 5 heteroatoms. The number of aliphatic hydroxyl groups excluding tert-OH is 2. The van der Waals surface area contributed by atoms with Crippen molar-refractivity contribution in [1.29, 1.82) is 0 Å². The lowest BCUT2D eigenvalue weighted by Crippen LogP contribution is -2.41. The molecule has 0 spiro atoms. The summed E-state index contributed by atoms with van der Waals surface area (Å²) in [5.74, 6) is 0. The number of hydrogen-bond donors (Lipinski definition) is 3. The van der Waals surface area contributed by atoms with E-state index in [1.807, 2.05) is 0 Å². The molecule has 0 fully saturated rings. The first-order valence-electron chi connectivity index (χ1n) is 3.24. The predicted octanol–water partition coefficient (Wildman–Crippen LogP) is -0.418. The summed E-state index contributed by atoms with van der Waals surface area (Å²) >= 11 is 0. The highest BCUT2D eigenvalue weighted by Crippen LogP contribution is 2.13. The summed E-state index contributed by atoms with van der Waals surface area (Å²) in [7, 11) is 0. The Balaban J connectivity index is 3.77. The van der Waals surface area contributed by atoms with E-state index in [-0.39, 0.29) is 6.79 Å². The van der Waals surface area contributed by atoms with Gasteiger partial charge in [0.15, 0.2) is 6.79 Å². The van der Waals surface area contributed by atoms with Crippen LogP contribution in [0.1, 0.15) is 13.8 Å². The van der Waals surface area contributed by atoms with Crippen molar-refractivity contribution in [3.8, 4) is 0 Å². The van der Waals surface area contributed by atoms with Crippen molar-refractivity contribution in [1.82, 2.24) is 0 Å².